The van der Waals surface area contributed by atoms with Crippen LogP contribution in [0.15, 0.2) is 42.4 Å². The molecule has 2 rings (SSSR count). The smallest absolute Gasteiger partial charge is 0.160 e. The van der Waals surface area contributed by atoms with Gasteiger partial charge in [-0.05, 0) is 61.5 Å². The van der Waals surface area contributed by atoms with Gasteiger partial charge < -0.3 is 19.3 Å². The molecule has 0 bridgehead atoms. The first kappa shape index (κ1) is 8.45. The molecule has 2 aromatic rings. The molecule has 1 atom stereocenters. The highest BCUT2D eigenvalue weighted by Crippen LogP contribution is 2.28. The summed E-state index contributed by atoms with van der Waals surface area (Å²) in [5.74, 6) is -0.664. The standard InChI is InChI=1S/C21H28O4/c1-16-7-6-10-19(13-16)25-15-18(22)9-5-4-8-17-11-12-20(23-2)21(14-17)24-3/h6-7,10-14,18,22H,4-5,8-9,15H2,1-3H3/i3D3,6D,7D,9D2,10D,13D,15D2,18D. The molecule has 2 aromatic carbocycles. The van der Waals surface area contributed by atoms with Crippen LogP contribution >= 0.6 is 0 Å². The van der Waals surface area contributed by atoms with Crippen LogP contribution < -0.4 is 14.2 Å². The van der Waals surface area contributed by atoms with Gasteiger partial charge in [0.2, 0.25) is 0 Å². The van der Waals surface area contributed by atoms with Gasteiger partial charge in [-0.3, -0.25) is 0 Å². The first-order valence-corrected chi connectivity index (χ1v) is 7.60. The number of ether oxygens (including phenoxy) is 3. The maximum absolute atomic E-state index is 10.6. The van der Waals surface area contributed by atoms with Crippen LogP contribution in [0.4, 0.5) is 0 Å². The maximum atomic E-state index is 10.6. The average molecular weight is 357 g/mol. The van der Waals surface area contributed by atoms with Crippen molar-refractivity contribution in [3.63, 3.8) is 0 Å². The molecular weight excluding hydrogens is 316 g/mol. The second-order valence-corrected chi connectivity index (χ2v) is 5.12. The molecule has 0 aliphatic carbocycles. The van der Waals surface area contributed by atoms with Gasteiger partial charge in [0, 0.05) is 2.74 Å². The topological polar surface area (TPSA) is 47.9 Å². The zero-order valence-electron chi connectivity index (χ0n) is 26.0. The molecule has 0 spiro atoms. The Morgan fingerprint density at radius 2 is 2.16 bits per heavy atom. The Labute approximate surface area is 167 Å². The molecule has 0 saturated heterocycles. The minimum atomic E-state index is -3.51. The monoisotopic (exact) mass is 356 g/mol. The SMILES string of the molecule is [2H]c1c([2H])c(C)c([2H])c(OC([2H])([2H])C([2H])(O)C([2H])([2H])CCCc2ccc(OC)c(OC([2H])([2H])[2H])c2)c1[2H]. The van der Waals surface area contributed by atoms with Gasteiger partial charge in [-0.2, -0.15) is 0 Å². The highest BCUT2D eigenvalue weighted by atomic mass is 16.5. The number of hydrogen-bond acceptors (Lipinski definition) is 4. The lowest BCUT2D eigenvalue weighted by molar-refractivity contribution is 0.0976. The predicted molar refractivity (Wildman–Crippen MR) is 99.8 cm³/mol. The number of aryl methyl sites for hydroxylation is 1. The fourth-order valence-electron chi connectivity index (χ4n) is 2.06. The van der Waals surface area contributed by atoms with E-state index < -0.39 is 62.4 Å². The fourth-order valence-corrected chi connectivity index (χ4v) is 2.06. The summed E-state index contributed by atoms with van der Waals surface area (Å²) in [5, 5.41) is 10.6. The van der Waals surface area contributed by atoms with E-state index >= 15 is 0 Å². The summed E-state index contributed by atoms with van der Waals surface area (Å²) in [4.78, 5) is 0. The molecular formula is C21H28O4. The van der Waals surface area contributed by atoms with Gasteiger partial charge in [-0.15, -0.1) is 0 Å². The van der Waals surface area contributed by atoms with Crippen molar-refractivity contribution in [1.29, 1.82) is 0 Å². The van der Waals surface area contributed by atoms with Crippen LogP contribution in [0.25, 0.3) is 0 Å². The molecule has 0 aromatic heterocycles. The van der Waals surface area contributed by atoms with E-state index in [1.807, 2.05) is 0 Å². The summed E-state index contributed by atoms with van der Waals surface area (Å²) in [6, 6.07) is 2.02. The Morgan fingerprint density at radius 1 is 1.28 bits per heavy atom. The molecule has 25 heavy (non-hydrogen) atoms. The van der Waals surface area contributed by atoms with E-state index in [4.69, 9.17) is 30.7 Å². The van der Waals surface area contributed by atoms with Gasteiger partial charge in [-0.25, -0.2) is 0 Å². The van der Waals surface area contributed by atoms with Gasteiger partial charge in [0.15, 0.2) is 11.5 Å². The quantitative estimate of drug-likeness (QED) is 0.694. The zero-order valence-corrected chi connectivity index (χ0v) is 14.0. The minimum Gasteiger partial charge on any atom is -0.493 e. The highest BCUT2D eigenvalue weighted by molar-refractivity contribution is 5.42. The van der Waals surface area contributed by atoms with E-state index in [1.54, 1.807) is 6.07 Å². The van der Waals surface area contributed by atoms with Gasteiger partial charge in [0.1, 0.15) is 12.3 Å². The number of aliphatic hydroxyl groups is 1. The van der Waals surface area contributed by atoms with E-state index in [2.05, 4.69) is 0 Å². The molecule has 0 radical (unpaired) electrons. The van der Waals surface area contributed by atoms with Crippen molar-refractivity contribution in [1.82, 2.24) is 0 Å². The van der Waals surface area contributed by atoms with E-state index in [0.29, 0.717) is 5.56 Å². The Hall–Kier alpha value is -2.20. The second-order valence-electron chi connectivity index (χ2n) is 5.12. The van der Waals surface area contributed by atoms with Crippen LogP contribution in [0.2, 0.25) is 0 Å². The molecule has 0 fully saturated rings. The lowest BCUT2D eigenvalue weighted by Crippen LogP contribution is -2.17. The summed E-state index contributed by atoms with van der Waals surface area (Å²) in [6.07, 6.45) is -6.77. The highest BCUT2D eigenvalue weighted by Gasteiger charge is 2.07. The number of methoxy groups -OCH3 is 2. The van der Waals surface area contributed by atoms with Crippen molar-refractivity contribution in [2.45, 2.75) is 38.6 Å². The molecule has 0 aliphatic rings. The fraction of sp³-hybridized carbons (Fsp3) is 0.429. The van der Waals surface area contributed by atoms with Crippen molar-refractivity contribution in [3.8, 4) is 17.2 Å². The van der Waals surface area contributed by atoms with Crippen molar-refractivity contribution in [2.75, 3.05) is 20.7 Å². The first-order chi connectivity index (χ1) is 16.8. The molecule has 0 saturated carbocycles. The molecule has 0 aliphatic heterocycles. The average Bonchev–Trinajstić information content (AvgIpc) is 2.78. The Balaban J connectivity index is 2.22. The van der Waals surface area contributed by atoms with E-state index in [9.17, 15) is 5.11 Å². The molecule has 1 unspecified atom stereocenters. The third-order valence-corrected chi connectivity index (χ3v) is 3.25. The first-order valence-electron chi connectivity index (χ1n) is 13.6. The third-order valence-electron chi connectivity index (χ3n) is 3.25. The van der Waals surface area contributed by atoms with Gasteiger partial charge in [0.25, 0.3) is 0 Å². The van der Waals surface area contributed by atoms with Crippen molar-refractivity contribution >= 4 is 0 Å². The van der Waals surface area contributed by atoms with Crippen LogP contribution in [0, 0.1) is 6.92 Å². The third kappa shape index (κ3) is 6.31. The zero-order chi connectivity index (χ0) is 28.6. The number of hydrogen-bond donors (Lipinski definition) is 1. The number of rotatable bonds is 10. The summed E-state index contributed by atoms with van der Waals surface area (Å²) in [6.45, 7) is -2.16. The molecule has 1 N–H and O–H groups in total. The molecule has 0 amide bonds. The van der Waals surface area contributed by atoms with E-state index in [0.717, 1.165) is 0 Å². The number of benzene rings is 2. The van der Waals surface area contributed by atoms with Crippen molar-refractivity contribution in [3.05, 3.63) is 53.5 Å². The second kappa shape index (κ2) is 9.94. The normalized spacial score (nSPS) is 21.7. The Kier molecular flexibility index (Phi) is 3.36. The predicted octanol–water partition coefficient (Wildman–Crippen LogP) is 4.16. The minimum absolute atomic E-state index is 0.000706. The lowest BCUT2D eigenvalue weighted by atomic mass is 10.0. The molecule has 0 heterocycles. The Morgan fingerprint density at radius 3 is 2.96 bits per heavy atom. The van der Waals surface area contributed by atoms with Gasteiger partial charge in [-0.1, -0.05) is 24.6 Å². The maximum Gasteiger partial charge on any atom is 0.160 e. The molecule has 4 heteroatoms. The van der Waals surface area contributed by atoms with Crippen LogP contribution in [-0.4, -0.2) is 31.9 Å². The lowest BCUT2D eigenvalue weighted by Gasteiger charge is -2.13. The largest absolute Gasteiger partial charge is 0.493 e. The Bertz CT molecular complexity index is 1100. The van der Waals surface area contributed by atoms with Crippen LogP contribution in [0.1, 0.15) is 46.8 Å². The summed E-state index contributed by atoms with van der Waals surface area (Å²) >= 11 is 0. The van der Waals surface area contributed by atoms with Crippen LogP contribution in [0.3, 0.4) is 0 Å². The molecule has 4 nitrogen and oxygen atoms in total. The van der Waals surface area contributed by atoms with Crippen molar-refractivity contribution in [2.24, 2.45) is 0 Å². The molecule has 136 valence electrons. The van der Waals surface area contributed by atoms with E-state index in [1.165, 1.54) is 26.2 Å². The van der Waals surface area contributed by atoms with E-state index in [-0.39, 0.29) is 29.9 Å². The van der Waals surface area contributed by atoms with Crippen LogP contribution in [0.5, 0.6) is 17.2 Å². The summed E-state index contributed by atoms with van der Waals surface area (Å²) < 4.78 is 109. The van der Waals surface area contributed by atoms with Gasteiger partial charge in [0.05, 0.1) is 33.9 Å². The summed E-state index contributed by atoms with van der Waals surface area (Å²) in [7, 11) is -1.39. The summed E-state index contributed by atoms with van der Waals surface area (Å²) in [5.41, 5.74) is 0.458. The van der Waals surface area contributed by atoms with Gasteiger partial charge >= 0.3 is 0 Å². The van der Waals surface area contributed by atoms with Crippen molar-refractivity contribution < 1.29 is 35.8 Å². The van der Waals surface area contributed by atoms with Crippen LogP contribution in [-0.2, 0) is 6.42 Å².